The fourth-order valence-electron chi connectivity index (χ4n) is 3.00. The fourth-order valence-corrected chi connectivity index (χ4v) is 3.00. The highest BCUT2D eigenvalue weighted by molar-refractivity contribution is 5.89. The quantitative estimate of drug-likeness (QED) is 0.853. The van der Waals surface area contributed by atoms with Gasteiger partial charge >= 0.3 is 0 Å². The molecule has 2 aromatic rings. The number of aromatic nitrogens is 2. The van der Waals surface area contributed by atoms with E-state index in [0.717, 1.165) is 18.0 Å². The molecule has 18 heavy (non-hydrogen) atoms. The van der Waals surface area contributed by atoms with E-state index in [1.54, 1.807) is 0 Å². The van der Waals surface area contributed by atoms with E-state index in [0.29, 0.717) is 0 Å². The number of nitrogens with one attached hydrogen (secondary N) is 2. The van der Waals surface area contributed by atoms with Gasteiger partial charge in [0.1, 0.15) is 0 Å². The summed E-state index contributed by atoms with van der Waals surface area (Å²) in [6, 6.07) is 6.30. The van der Waals surface area contributed by atoms with Crippen molar-refractivity contribution in [2.75, 3.05) is 11.9 Å². The molecule has 3 nitrogen and oxygen atoms in total. The van der Waals surface area contributed by atoms with Crippen LogP contribution in [0.25, 0.3) is 10.9 Å². The highest BCUT2D eigenvalue weighted by Crippen LogP contribution is 2.26. The lowest BCUT2D eigenvalue weighted by molar-refractivity contribution is 0.345. The van der Waals surface area contributed by atoms with Gasteiger partial charge in [-0.05, 0) is 18.4 Å². The summed E-state index contributed by atoms with van der Waals surface area (Å²) in [6.45, 7) is 1.07. The minimum atomic E-state index is 0.937. The molecule has 0 atom stereocenters. The number of nitrogens with zero attached hydrogens (tertiary/aromatic N) is 1. The van der Waals surface area contributed by atoms with E-state index in [2.05, 4.69) is 33.7 Å². The molecular formula is C15H21N3. The second-order valence-electron chi connectivity index (χ2n) is 5.36. The highest BCUT2D eigenvalue weighted by atomic mass is 15.1. The molecule has 0 bridgehead atoms. The lowest BCUT2D eigenvalue weighted by atomic mass is 9.87. The SMILES string of the molecule is c1cc(NCCC2CCCCC2)c2[nH]ncc2c1. The molecule has 2 N–H and O–H groups in total. The first-order valence-electron chi connectivity index (χ1n) is 7.09. The minimum absolute atomic E-state index is 0.937. The van der Waals surface area contributed by atoms with E-state index < -0.39 is 0 Å². The smallest absolute Gasteiger partial charge is 0.0881 e. The van der Waals surface area contributed by atoms with Crippen LogP contribution in [0.2, 0.25) is 0 Å². The summed E-state index contributed by atoms with van der Waals surface area (Å²) in [5, 5.41) is 11.9. The Hall–Kier alpha value is -1.51. The van der Waals surface area contributed by atoms with Crippen LogP contribution in [0.3, 0.4) is 0 Å². The largest absolute Gasteiger partial charge is 0.383 e. The molecule has 0 aliphatic heterocycles. The summed E-state index contributed by atoms with van der Waals surface area (Å²) in [7, 11) is 0. The highest BCUT2D eigenvalue weighted by Gasteiger charge is 2.12. The van der Waals surface area contributed by atoms with Crippen molar-refractivity contribution in [2.45, 2.75) is 38.5 Å². The van der Waals surface area contributed by atoms with E-state index >= 15 is 0 Å². The van der Waals surface area contributed by atoms with Gasteiger partial charge in [-0.1, -0.05) is 44.2 Å². The van der Waals surface area contributed by atoms with Gasteiger partial charge in [-0.2, -0.15) is 5.10 Å². The topological polar surface area (TPSA) is 40.7 Å². The Labute approximate surface area is 108 Å². The van der Waals surface area contributed by atoms with Crippen LogP contribution in [0, 0.1) is 5.92 Å². The third-order valence-electron chi connectivity index (χ3n) is 4.07. The van der Waals surface area contributed by atoms with Crippen LogP contribution in [0.1, 0.15) is 38.5 Å². The zero-order valence-corrected chi connectivity index (χ0v) is 10.8. The summed E-state index contributed by atoms with van der Waals surface area (Å²) in [4.78, 5) is 0. The van der Waals surface area contributed by atoms with Crippen LogP contribution >= 0.6 is 0 Å². The third-order valence-corrected chi connectivity index (χ3v) is 4.07. The first-order chi connectivity index (χ1) is 8.93. The van der Waals surface area contributed by atoms with Gasteiger partial charge in [0.15, 0.2) is 0 Å². The Balaban J connectivity index is 1.57. The standard InChI is InChI=1S/C15H21N3/c1-2-5-12(6-3-1)9-10-16-14-8-4-7-13-11-17-18-15(13)14/h4,7-8,11-12,16H,1-3,5-6,9-10H2,(H,17,18). The van der Waals surface area contributed by atoms with Crippen molar-refractivity contribution in [3.63, 3.8) is 0 Å². The first-order valence-corrected chi connectivity index (χ1v) is 7.09. The third kappa shape index (κ3) is 2.50. The van der Waals surface area contributed by atoms with Crippen molar-refractivity contribution in [1.82, 2.24) is 10.2 Å². The number of H-pyrrole nitrogens is 1. The van der Waals surface area contributed by atoms with E-state index in [-0.39, 0.29) is 0 Å². The Morgan fingerprint density at radius 2 is 2.11 bits per heavy atom. The van der Waals surface area contributed by atoms with Crippen molar-refractivity contribution < 1.29 is 0 Å². The van der Waals surface area contributed by atoms with Gasteiger partial charge in [0.05, 0.1) is 17.4 Å². The first kappa shape index (κ1) is 11.6. The normalized spacial score (nSPS) is 17.1. The molecule has 0 spiro atoms. The molecular weight excluding hydrogens is 222 g/mol. The van der Waals surface area contributed by atoms with Gasteiger partial charge in [-0.15, -0.1) is 0 Å². The average molecular weight is 243 g/mol. The van der Waals surface area contributed by atoms with E-state index in [4.69, 9.17) is 0 Å². The van der Waals surface area contributed by atoms with Crippen LogP contribution < -0.4 is 5.32 Å². The van der Waals surface area contributed by atoms with Crippen molar-refractivity contribution >= 4 is 16.6 Å². The molecule has 0 unspecified atom stereocenters. The van der Waals surface area contributed by atoms with Gasteiger partial charge in [-0.3, -0.25) is 5.10 Å². The summed E-state index contributed by atoms with van der Waals surface area (Å²) in [5.41, 5.74) is 2.31. The maximum Gasteiger partial charge on any atom is 0.0881 e. The molecule has 0 amide bonds. The number of anilines is 1. The Kier molecular flexibility index (Phi) is 3.49. The van der Waals surface area contributed by atoms with Crippen molar-refractivity contribution in [2.24, 2.45) is 5.92 Å². The second kappa shape index (κ2) is 5.42. The van der Waals surface area contributed by atoms with Gasteiger partial charge in [-0.25, -0.2) is 0 Å². The molecule has 1 heterocycles. The van der Waals surface area contributed by atoms with Crippen LogP contribution in [0.4, 0.5) is 5.69 Å². The van der Waals surface area contributed by atoms with Gasteiger partial charge in [0, 0.05) is 11.9 Å². The van der Waals surface area contributed by atoms with Gasteiger partial charge < -0.3 is 5.32 Å². The number of para-hydroxylation sites is 1. The van der Waals surface area contributed by atoms with E-state index in [9.17, 15) is 0 Å². The van der Waals surface area contributed by atoms with Crippen LogP contribution in [0.5, 0.6) is 0 Å². The van der Waals surface area contributed by atoms with E-state index in [1.807, 2.05) is 6.20 Å². The number of hydrogen-bond donors (Lipinski definition) is 2. The van der Waals surface area contributed by atoms with Crippen molar-refractivity contribution in [3.05, 3.63) is 24.4 Å². The lowest BCUT2D eigenvalue weighted by Gasteiger charge is -2.21. The number of aromatic amines is 1. The molecule has 1 aromatic heterocycles. The lowest BCUT2D eigenvalue weighted by Crippen LogP contribution is -2.12. The molecule has 1 aliphatic carbocycles. The van der Waals surface area contributed by atoms with Gasteiger partial charge in [0.25, 0.3) is 0 Å². The summed E-state index contributed by atoms with van der Waals surface area (Å²) in [6.07, 6.45) is 10.3. The molecule has 1 aliphatic rings. The monoisotopic (exact) mass is 243 g/mol. The predicted octanol–water partition coefficient (Wildman–Crippen LogP) is 3.95. The van der Waals surface area contributed by atoms with E-state index in [1.165, 1.54) is 49.6 Å². The maximum absolute atomic E-state index is 4.09. The Bertz CT molecular complexity index is 497. The number of hydrogen-bond acceptors (Lipinski definition) is 2. The number of rotatable bonds is 4. The van der Waals surface area contributed by atoms with Crippen molar-refractivity contribution in [1.29, 1.82) is 0 Å². The molecule has 0 saturated heterocycles. The molecule has 96 valence electrons. The van der Waals surface area contributed by atoms with Crippen LogP contribution in [-0.2, 0) is 0 Å². The predicted molar refractivity (Wildman–Crippen MR) is 75.8 cm³/mol. The van der Waals surface area contributed by atoms with Crippen LogP contribution in [-0.4, -0.2) is 16.7 Å². The van der Waals surface area contributed by atoms with Crippen LogP contribution in [0.15, 0.2) is 24.4 Å². The molecule has 1 aromatic carbocycles. The fraction of sp³-hybridized carbons (Fsp3) is 0.533. The Morgan fingerprint density at radius 1 is 1.22 bits per heavy atom. The summed E-state index contributed by atoms with van der Waals surface area (Å²) < 4.78 is 0. The molecule has 0 radical (unpaired) electrons. The number of benzene rings is 1. The Morgan fingerprint density at radius 3 is 3.00 bits per heavy atom. The number of fused-ring (bicyclic) bond motifs is 1. The second-order valence-corrected chi connectivity index (χ2v) is 5.36. The zero-order valence-electron chi connectivity index (χ0n) is 10.8. The molecule has 3 heteroatoms. The average Bonchev–Trinajstić information content (AvgIpc) is 2.89. The maximum atomic E-state index is 4.09. The van der Waals surface area contributed by atoms with Crippen molar-refractivity contribution in [3.8, 4) is 0 Å². The molecule has 3 rings (SSSR count). The molecule has 1 fully saturated rings. The zero-order chi connectivity index (χ0) is 12.2. The summed E-state index contributed by atoms with van der Waals surface area (Å²) in [5.74, 6) is 0.937. The summed E-state index contributed by atoms with van der Waals surface area (Å²) >= 11 is 0. The minimum Gasteiger partial charge on any atom is -0.383 e. The van der Waals surface area contributed by atoms with Gasteiger partial charge in [0.2, 0.25) is 0 Å². The molecule has 1 saturated carbocycles.